The van der Waals surface area contributed by atoms with E-state index in [1.807, 2.05) is 32.6 Å². The molecule has 2 heterocycles. The first-order valence-corrected chi connectivity index (χ1v) is 8.12. The standard InChI is InChI=1S/C16H29N3O2/c1-12(2)19-15(21)10-18(11-16(19,3)4)14(20)6-5-13-7-8-17-9-13/h12-13,17H,5-11H2,1-4H3. The van der Waals surface area contributed by atoms with Gasteiger partial charge in [-0.15, -0.1) is 0 Å². The predicted octanol–water partition coefficient (Wildman–Crippen LogP) is 1.23. The van der Waals surface area contributed by atoms with Crippen molar-refractivity contribution in [2.24, 2.45) is 5.92 Å². The van der Waals surface area contributed by atoms with E-state index in [4.69, 9.17) is 0 Å². The van der Waals surface area contributed by atoms with Crippen LogP contribution in [0.3, 0.4) is 0 Å². The van der Waals surface area contributed by atoms with Gasteiger partial charge in [0.25, 0.3) is 0 Å². The highest BCUT2D eigenvalue weighted by molar-refractivity contribution is 5.87. The molecular weight excluding hydrogens is 266 g/mol. The summed E-state index contributed by atoms with van der Waals surface area (Å²) in [7, 11) is 0. The molecule has 2 rings (SSSR count). The number of amides is 2. The van der Waals surface area contributed by atoms with E-state index in [1.165, 1.54) is 6.42 Å². The molecule has 21 heavy (non-hydrogen) atoms. The zero-order valence-corrected chi connectivity index (χ0v) is 13.8. The largest absolute Gasteiger partial charge is 0.332 e. The summed E-state index contributed by atoms with van der Waals surface area (Å²) in [5.41, 5.74) is -0.284. The molecule has 0 spiro atoms. The summed E-state index contributed by atoms with van der Waals surface area (Å²) < 4.78 is 0. The zero-order chi connectivity index (χ0) is 15.6. The Morgan fingerprint density at radius 1 is 1.43 bits per heavy atom. The third kappa shape index (κ3) is 3.76. The van der Waals surface area contributed by atoms with Gasteiger partial charge in [-0.25, -0.2) is 0 Å². The number of nitrogens with one attached hydrogen (secondary N) is 1. The monoisotopic (exact) mass is 295 g/mol. The fourth-order valence-electron chi connectivity index (χ4n) is 3.79. The molecule has 1 N–H and O–H groups in total. The Bertz CT molecular complexity index is 400. The Morgan fingerprint density at radius 3 is 2.67 bits per heavy atom. The van der Waals surface area contributed by atoms with E-state index in [9.17, 15) is 9.59 Å². The second-order valence-electron chi connectivity index (χ2n) is 7.32. The van der Waals surface area contributed by atoms with Crippen LogP contribution < -0.4 is 5.32 Å². The van der Waals surface area contributed by atoms with E-state index in [0.717, 1.165) is 19.5 Å². The number of carbonyl (C=O) groups excluding carboxylic acids is 2. The van der Waals surface area contributed by atoms with Crippen molar-refractivity contribution in [2.45, 2.75) is 58.5 Å². The second-order valence-corrected chi connectivity index (χ2v) is 7.32. The molecule has 1 unspecified atom stereocenters. The van der Waals surface area contributed by atoms with Gasteiger partial charge in [-0.05, 0) is 59.5 Å². The van der Waals surface area contributed by atoms with E-state index in [0.29, 0.717) is 18.9 Å². The molecule has 0 aromatic carbocycles. The van der Waals surface area contributed by atoms with E-state index in [2.05, 4.69) is 5.32 Å². The highest BCUT2D eigenvalue weighted by atomic mass is 16.2. The van der Waals surface area contributed by atoms with Crippen molar-refractivity contribution >= 4 is 11.8 Å². The molecule has 2 aliphatic heterocycles. The minimum absolute atomic E-state index is 0.0668. The molecule has 2 aliphatic rings. The SMILES string of the molecule is CC(C)N1C(=O)CN(C(=O)CCC2CCNC2)CC1(C)C. The van der Waals surface area contributed by atoms with Crippen LogP contribution in [0.4, 0.5) is 0 Å². The third-order valence-electron chi connectivity index (χ3n) is 4.62. The third-order valence-corrected chi connectivity index (χ3v) is 4.62. The van der Waals surface area contributed by atoms with Crippen molar-refractivity contribution in [3.8, 4) is 0 Å². The van der Waals surface area contributed by atoms with Crippen molar-refractivity contribution in [3.05, 3.63) is 0 Å². The van der Waals surface area contributed by atoms with Crippen molar-refractivity contribution in [3.63, 3.8) is 0 Å². The molecule has 2 amide bonds. The first kappa shape index (κ1) is 16.3. The van der Waals surface area contributed by atoms with Crippen molar-refractivity contribution in [2.75, 3.05) is 26.2 Å². The minimum atomic E-state index is -0.284. The number of carbonyl (C=O) groups is 2. The molecule has 5 nitrogen and oxygen atoms in total. The minimum Gasteiger partial charge on any atom is -0.332 e. The number of hydrogen-bond acceptors (Lipinski definition) is 3. The van der Waals surface area contributed by atoms with E-state index in [1.54, 1.807) is 4.90 Å². The molecule has 0 saturated carbocycles. The van der Waals surface area contributed by atoms with Gasteiger partial charge in [-0.3, -0.25) is 9.59 Å². The van der Waals surface area contributed by atoms with E-state index < -0.39 is 0 Å². The van der Waals surface area contributed by atoms with Gasteiger partial charge in [0.15, 0.2) is 0 Å². The normalized spacial score (nSPS) is 25.8. The Labute approximate surface area is 128 Å². The smallest absolute Gasteiger partial charge is 0.242 e. The molecule has 0 aromatic rings. The van der Waals surface area contributed by atoms with Gasteiger partial charge in [0.05, 0.1) is 12.1 Å². The van der Waals surface area contributed by atoms with Gasteiger partial charge in [0.2, 0.25) is 11.8 Å². The highest BCUT2D eigenvalue weighted by Crippen LogP contribution is 2.25. The fourth-order valence-corrected chi connectivity index (χ4v) is 3.79. The molecule has 2 saturated heterocycles. The molecule has 120 valence electrons. The molecule has 1 atom stereocenters. The summed E-state index contributed by atoms with van der Waals surface area (Å²) in [6, 6.07) is 0.175. The summed E-state index contributed by atoms with van der Waals surface area (Å²) in [4.78, 5) is 28.4. The van der Waals surface area contributed by atoms with E-state index >= 15 is 0 Å². The Balaban J connectivity index is 1.92. The van der Waals surface area contributed by atoms with E-state index in [-0.39, 0.29) is 29.9 Å². The maximum absolute atomic E-state index is 12.4. The lowest BCUT2D eigenvalue weighted by Gasteiger charge is -2.48. The quantitative estimate of drug-likeness (QED) is 0.849. The number of nitrogens with zero attached hydrogens (tertiary/aromatic N) is 2. The van der Waals surface area contributed by atoms with Gasteiger partial charge >= 0.3 is 0 Å². The van der Waals surface area contributed by atoms with Crippen LogP contribution in [-0.4, -0.2) is 59.4 Å². The van der Waals surface area contributed by atoms with Gasteiger partial charge in [0, 0.05) is 19.0 Å². The maximum Gasteiger partial charge on any atom is 0.242 e. The predicted molar refractivity (Wildman–Crippen MR) is 82.9 cm³/mol. The van der Waals surface area contributed by atoms with Crippen molar-refractivity contribution in [1.29, 1.82) is 0 Å². The Morgan fingerprint density at radius 2 is 2.14 bits per heavy atom. The maximum atomic E-state index is 12.4. The van der Waals surface area contributed by atoms with Gasteiger partial charge in [-0.2, -0.15) is 0 Å². The summed E-state index contributed by atoms with van der Waals surface area (Å²) in [5, 5.41) is 3.33. The van der Waals surface area contributed by atoms with Crippen LogP contribution in [0.2, 0.25) is 0 Å². The van der Waals surface area contributed by atoms with Crippen LogP contribution in [0.5, 0.6) is 0 Å². The average molecular weight is 295 g/mol. The van der Waals surface area contributed by atoms with Crippen LogP contribution in [0.1, 0.15) is 47.0 Å². The fraction of sp³-hybridized carbons (Fsp3) is 0.875. The average Bonchev–Trinajstić information content (AvgIpc) is 2.86. The Hall–Kier alpha value is -1.10. The van der Waals surface area contributed by atoms with Crippen molar-refractivity contribution in [1.82, 2.24) is 15.1 Å². The van der Waals surface area contributed by atoms with Crippen molar-refractivity contribution < 1.29 is 9.59 Å². The van der Waals surface area contributed by atoms with Crippen LogP contribution in [0, 0.1) is 5.92 Å². The molecule has 0 bridgehead atoms. The molecule has 0 aliphatic carbocycles. The first-order chi connectivity index (χ1) is 9.81. The molecule has 0 radical (unpaired) electrons. The van der Waals surface area contributed by atoms with Crippen LogP contribution in [0.25, 0.3) is 0 Å². The molecule has 2 fully saturated rings. The molecular formula is C16H29N3O2. The number of rotatable bonds is 4. The Kier molecular flexibility index (Phi) is 4.91. The van der Waals surface area contributed by atoms with Gasteiger partial charge in [0.1, 0.15) is 0 Å². The summed E-state index contributed by atoms with van der Waals surface area (Å²) in [6.45, 7) is 11.1. The summed E-state index contributed by atoms with van der Waals surface area (Å²) >= 11 is 0. The first-order valence-electron chi connectivity index (χ1n) is 8.12. The molecule has 0 aromatic heterocycles. The zero-order valence-electron chi connectivity index (χ0n) is 13.8. The molecule has 5 heteroatoms. The highest BCUT2D eigenvalue weighted by Gasteiger charge is 2.41. The number of hydrogen-bond donors (Lipinski definition) is 1. The van der Waals surface area contributed by atoms with Gasteiger partial charge in [-0.1, -0.05) is 0 Å². The summed E-state index contributed by atoms with van der Waals surface area (Å²) in [6.07, 6.45) is 2.67. The lowest BCUT2D eigenvalue weighted by atomic mass is 9.95. The van der Waals surface area contributed by atoms with Gasteiger partial charge < -0.3 is 15.1 Å². The summed E-state index contributed by atoms with van der Waals surface area (Å²) in [5.74, 6) is 0.818. The van der Waals surface area contributed by atoms with Crippen LogP contribution >= 0.6 is 0 Å². The lowest BCUT2D eigenvalue weighted by molar-refractivity contribution is -0.155. The second kappa shape index (κ2) is 6.34. The lowest BCUT2D eigenvalue weighted by Crippen LogP contribution is -2.64. The van der Waals surface area contributed by atoms with Crippen LogP contribution in [-0.2, 0) is 9.59 Å². The van der Waals surface area contributed by atoms with Crippen LogP contribution in [0.15, 0.2) is 0 Å². The number of piperazine rings is 1. The topological polar surface area (TPSA) is 52.7 Å².